The van der Waals surface area contributed by atoms with E-state index in [1.165, 1.54) is 0 Å². The van der Waals surface area contributed by atoms with Gasteiger partial charge in [-0.05, 0) is 13.8 Å². The Kier molecular flexibility index (Phi) is 2.09. The Balaban J connectivity index is 2.37. The van der Waals surface area contributed by atoms with Crippen molar-refractivity contribution in [3.63, 3.8) is 0 Å². The van der Waals surface area contributed by atoms with Gasteiger partial charge in [0.15, 0.2) is 0 Å². The lowest BCUT2D eigenvalue weighted by molar-refractivity contribution is -0.495. The molecule has 1 aliphatic heterocycles. The first-order valence-corrected chi connectivity index (χ1v) is 5.11. The molecular weight excluding hydrogens is 196 g/mol. The number of hydrogen-bond donors (Lipinski definition) is 1. The van der Waals surface area contributed by atoms with Crippen LogP contribution in [-0.2, 0) is 14.6 Å². The third kappa shape index (κ3) is 1.29. The average molecular weight is 212 g/mol. The predicted octanol–water partition coefficient (Wildman–Crippen LogP) is 1.34. The molecule has 4 nitrogen and oxygen atoms in total. The van der Waals surface area contributed by atoms with Gasteiger partial charge in [-0.3, -0.25) is 4.79 Å². The molecule has 15 heavy (non-hydrogen) atoms. The maximum atomic E-state index is 11.8. The summed E-state index contributed by atoms with van der Waals surface area (Å²) in [6.07, 6.45) is 2.64. The van der Waals surface area contributed by atoms with E-state index in [0.717, 1.165) is 0 Å². The molecule has 0 aromatic heterocycles. The zero-order valence-corrected chi connectivity index (χ0v) is 9.08. The van der Waals surface area contributed by atoms with Gasteiger partial charge in [-0.15, -0.1) is 6.58 Å². The van der Waals surface area contributed by atoms with E-state index in [9.17, 15) is 9.90 Å². The van der Waals surface area contributed by atoms with E-state index >= 15 is 0 Å². The molecule has 2 rings (SSSR count). The molecule has 0 radical (unpaired) electrons. The van der Waals surface area contributed by atoms with Crippen molar-refractivity contribution in [3.05, 3.63) is 12.7 Å². The van der Waals surface area contributed by atoms with Crippen molar-refractivity contribution in [1.82, 2.24) is 0 Å². The second-order valence-electron chi connectivity index (χ2n) is 4.90. The average Bonchev–Trinajstić information content (AvgIpc) is 2.42. The Labute approximate surface area is 88.8 Å². The summed E-state index contributed by atoms with van der Waals surface area (Å²) in [5.74, 6) is -1.44. The van der Waals surface area contributed by atoms with Crippen LogP contribution in [-0.4, -0.2) is 22.3 Å². The molecule has 4 heteroatoms. The first kappa shape index (κ1) is 10.8. The number of ketones is 1. The molecular formula is C11H16O4. The van der Waals surface area contributed by atoms with Gasteiger partial charge in [0.05, 0.1) is 5.41 Å². The molecule has 0 bridgehead atoms. The monoisotopic (exact) mass is 212 g/mol. The van der Waals surface area contributed by atoms with Crippen molar-refractivity contribution in [3.8, 4) is 0 Å². The van der Waals surface area contributed by atoms with Crippen LogP contribution in [0.1, 0.15) is 33.1 Å². The van der Waals surface area contributed by atoms with Crippen molar-refractivity contribution in [1.29, 1.82) is 0 Å². The maximum absolute atomic E-state index is 11.8. The van der Waals surface area contributed by atoms with E-state index in [1.54, 1.807) is 19.9 Å². The zero-order valence-electron chi connectivity index (χ0n) is 9.08. The highest BCUT2D eigenvalue weighted by Gasteiger charge is 2.64. The highest BCUT2D eigenvalue weighted by atomic mass is 17.2. The molecule has 84 valence electrons. The van der Waals surface area contributed by atoms with Crippen LogP contribution in [0.3, 0.4) is 0 Å². The van der Waals surface area contributed by atoms with Gasteiger partial charge < -0.3 is 5.11 Å². The number of hydrogen-bond acceptors (Lipinski definition) is 4. The fraction of sp³-hybridized carbons (Fsp3) is 0.727. The lowest BCUT2D eigenvalue weighted by atomic mass is 9.73. The van der Waals surface area contributed by atoms with Crippen LogP contribution in [0.25, 0.3) is 0 Å². The van der Waals surface area contributed by atoms with Crippen molar-refractivity contribution in [2.45, 2.75) is 44.5 Å². The molecule has 0 amide bonds. The molecule has 3 atom stereocenters. The number of fused-ring (bicyclic) bond motifs is 1. The third-order valence-electron chi connectivity index (χ3n) is 3.67. The third-order valence-corrected chi connectivity index (χ3v) is 3.67. The van der Waals surface area contributed by atoms with Gasteiger partial charge in [0.25, 0.3) is 0 Å². The minimum atomic E-state index is -1.47. The molecule has 0 spiro atoms. The van der Waals surface area contributed by atoms with Gasteiger partial charge in [0, 0.05) is 19.3 Å². The number of carbonyl (C=O) groups excluding carboxylic acids is 1. The number of Topliss-reactive ketones (excluding diaryl/α,β-unsaturated/α-hetero) is 1. The largest absolute Gasteiger partial charge is 0.362 e. The Hall–Kier alpha value is -0.710. The summed E-state index contributed by atoms with van der Waals surface area (Å²) in [4.78, 5) is 22.0. The minimum absolute atomic E-state index is 0.0291. The number of carbonyl (C=O) groups is 1. The van der Waals surface area contributed by atoms with E-state index < -0.39 is 16.8 Å². The Bertz CT molecular complexity index is 327. The van der Waals surface area contributed by atoms with E-state index in [-0.39, 0.29) is 5.78 Å². The van der Waals surface area contributed by atoms with Gasteiger partial charge in [-0.1, -0.05) is 6.08 Å². The van der Waals surface area contributed by atoms with E-state index in [4.69, 9.17) is 9.78 Å². The summed E-state index contributed by atoms with van der Waals surface area (Å²) >= 11 is 0. The fourth-order valence-corrected chi connectivity index (χ4v) is 2.42. The molecule has 0 aromatic rings. The molecule has 0 aromatic carbocycles. The summed E-state index contributed by atoms with van der Waals surface area (Å²) in [6.45, 7) is 7.17. The summed E-state index contributed by atoms with van der Waals surface area (Å²) in [5, 5.41) is 10.2. The summed E-state index contributed by atoms with van der Waals surface area (Å²) in [6, 6.07) is 0. The standard InChI is InChI=1S/C11H16O4/c1-4-9(2)7-10(3)8(12)5-6-11(10,13)15-14-9/h4,13H,1,5-7H2,2-3H3/t9-,10+,11-/m0/s1. The summed E-state index contributed by atoms with van der Waals surface area (Å²) < 4.78 is 0. The second-order valence-corrected chi connectivity index (χ2v) is 4.90. The molecule has 2 fully saturated rings. The second kappa shape index (κ2) is 2.90. The van der Waals surface area contributed by atoms with Gasteiger partial charge in [0.2, 0.25) is 5.79 Å². The molecule has 2 aliphatic rings. The smallest absolute Gasteiger partial charge is 0.212 e. The normalized spacial score (nSPS) is 50.2. The Morgan fingerprint density at radius 1 is 1.47 bits per heavy atom. The molecule has 0 unspecified atom stereocenters. The van der Waals surface area contributed by atoms with Crippen molar-refractivity contribution in [2.24, 2.45) is 5.41 Å². The fourth-order valence-electron chi connectivity index (χ4n) is 2.42. The van der Waals surface area contributed by atoms with Crippen molar-refractivity contribution in [2.75, 3.05) is 0 Å². The van der Waals surface area contributed by atoms with Crippen molar-refractivity contribution < 1.29 is 19.7 Å². The van der Waals surface area contributed by atoms with Gasteiger partial charge in [0.1, 0.15) is 11.4 Å². The van der Waals surface area contributed by atoms with Crippen LogP contribution in [0.5, 0.6) is 0 Å². The highest BCUT2D eigenvalue weighted by molar-refractivity contribution is 5.88. The quantitative estimate of drug-likeness (QED) is 0.526. The molecule has 1 saturated carbocycles. The molecule has 1 saturated heterocycles. The maximum Gasteiger partial charge on any atom is 0.212 e. The minimum Gasteiger partial charge on any atom is -0.362 e. The van der Waals surface area contributed by atoms with Crippen LogP contribution in [0.15, 0.2) is 12.7 Å². The molecule has 1 heterocycles. The van der Waals surface area contributed by atoms with Gasteiger partial charge in [-0.25, -0.2) is 4.89 Å². The van der Waals surface area contributed by atoms with Crippen LogP contribution in [0, 0.1) is 5.41 Å². The molecule has 1 aliphatic carbocycles. The topological polar surface area (TPSA) is 55.8 Å². The zero-order chi connectivity index (χ0) is 11.3. The first-order chi connectivity index (χ1) is 6.85. The van der Waals surface area contributed by atoms with Crippen LogP contribution < -0.4 is 0 Å². The summed E-state index contributed by atoms with van der Waals surface area (Å²) in [7, 11) is 0. The highest BCUT2D eigenvalue weighted by Crippen LogP contribution is 2.53. The van der Waals surface area contributed by atoms with Gasteiger partial charge >= 0.3 is 0 Å². The predicted molar refractivity (Wildman–Crippen MR) is 52.7 cm³/mol. The number of aliphatic hydroxyl groups is 1. The van der Waals surface area contributed by atoms with Crippen LogP contribution in [0.4, 0.5) is 0 Å². The van der Waals surface area contributed by atoms with Crippen LogP contribution in [0.2, 0.25) is 0 Å². The van der Waals surface area contributed by atoms with Gasteiger partial charge in [-0.2, -0.15) is 4.89 Å². The summed E-state index contributed by atoms with van der Waals surface area (Å²) in [5.41, 5.74) is -1.59. The lowest BCUT2D eigenvalue weighted by Gasteiger charge is -2.46. The number of rotatable bonds is 1. The van der Waals surface area contributed by atoms with Crippen LogP contribution >= 0.6 is 0 Å². The Morgan fingerprint density at radius 2 is 2.13 bits per heavy atom. The first-order valence-electron chi connectivity index (χ1n) is 5.11. The van der Waals surface area contributed by atoms with E-state index in [1.807, 2.05) is 0 Å². The van der Waals surface area contributed by atoms with E-state index in [2.05, 4.69) is 6.58 Å². The lowest BCUT2D eigenvalue weighted by Crippen LogP contribution is -2.57. The molecule has 1 N–H and O–H groups in total. The SMILES string of the molecule is C=C[C@@]1(C)C[C@]2(C)C(=O)CC[C@]2(O)OO1. The van der Waals surface area contributed by atoms with E-state index in [0.29, 0.717) is 19.3 Å². The Morgan fingerprint density at radius 3 is 2.73 bits per heavy atom. The van der Waals surface area contributed by atoms with Crippen molar-refractivity contribution >= 4 is 5.78 Å².